The molecule has 20 heavy (non-hydrogen) atoms. The highest BCUT2D eigenvalue weighted by atomic mass is 79.9. The Morgan fingerprint density at radius 1 is 1.15 bits per heavy atom. The molecule has 0 atom stereocenters. The fourth-order valence-corrected chi connectivity index (χ4v) is 2.29. The lowest BCUT2D eigenvalue weighted by atomic mass is 10.0. The topological polar surface area (TPSA) is 29.1 Å². The molecule has 2 rings (SSSR count). The molecular weight excluding hydrogens is 338 g/mol. The summed E-state index contributed by atoms with van der Waals surface area (Å²) in [5.41, 5.74) is 2.59. The number of amides is 1. The van der Waals surface area contributed by atoms with Gasteiger partial charge in [-0.05, 0) is 57.7 Å². The molecule has 0 aliphatic heterocycles. The second kappa shape index (κ2) is 6.42. The molecule has 2 aromatic rings. The van der Waals surface area contributed by atoms with Crippen LogP contribution in [0.15, 0.2) is 46.9 Å². The van der Waals surface area contributed by atoms with Gasteiger partial charge in [0.1, 0.15) is 0 Å². The molecule has 0 spiro atoms. The van der Waals surface area contributed by atoms with Gasteiger partial charge < -0.3 is 5.32 Å². The second-order valence-corrected chi connectivity index (χ2v) is 6.12. The normalized spacial score (nSPS) is 10.7. The molecule has 0 bridgehead atoms. The maximum Gasteiger partial charge on any atom is 0.255 e. The summed E-state index contributed by atoms with van der Waals surface area (Å²) in [6, 6.07) is 13.0. The first-order valence-corrected chi connectivity index (χ1v) is 7.51. The number of halogens is 2. The van der Waals surface area contributed by atoms with E-state index in [0.29, 0.717) is 21.0 Å². The molecule has 0 saturated carbocycles. The summed E-state index contributed by atoms with van der Waals surface area (Å²) < 4.78 is 0.710. The van der Waals surface area contributed by atoms with Crippen molar-refractivity contribution in [2.45, 2.75) is 19.8 Å². The third-order valence-corrected chi connectivity index (χ3v) is 4.23. The lowest BCUT2D eigenvalue weighted by Crippen LogP contribution is -2.11. The summed E-state index contributed by atoms with van der Waals surface area (Å²) in [5, 5.41) is 3.45. The van der Waals surface area contributed by atoms with Crippen LogP contribution in [0.25, 0.3) is 0 Å². The summed E-state index contributed by atoms with van der Waals surface area (Å²) in [6.45, 7) is 4.28. The molecule has 0 heterocycles. The fraction of sp³-hybridized carbons (Fsp3) is 0.188. The molecule has 0 aromatic heterocycles. The van der Waals surface area contributed by atoms with Crippen molar-refractivity contribution in [1.82, 2.24) is 0 Å². The van der Waals surface area contributed by atoms with E-state index in [1.165, 1.54) is 5.56 Å². The zero-order valence-corrected chi connectivity index (χ0v) is 13.6. The van der Waals surface area contributed by atoms with Crippen LogP contribution < -0.4 is 5.32 Å². The van der Waals surface area contributed by atoms with E-state index in [1.54, 1.807) is 18.2 Å². The van der Waals surface area contributed by atoms with Crippen LogP contribution in [0.3, 0.4) is 0 Å². The number of carbonyl (C=O) groups is 1. The van der Waals surface area contributed by atoms with Crippen molar-refractivity contribution in [2.75, 3.05) is 5.32 Å². The van der Waals surface area contributed by atoms with E-state index < -0.39 is 0 Å². The Kier molecular flexibility index (Phi) is 4.84. The number of benzene rings is 2. The van der Waals surface area contributed by atoms with Crippen LogP contribution in [0.1, 0.15) is 35.7 Å². The number of nitrogens with one attached hydrogen (secondary N) is 1. The third kappa shape index (κ3) is 3.62. The number of carbonyl (C=O) groups excluding carboxylic acids is 1. The summed E-state index contributed by atoms with van der Waals surface area (Å²) in [5.74, 6) is 0.326. The number of hydrogen-bond acceptors (Lipinski definition) is 1. The molecule has 0 unspecified atom stereocenters. The third-order valence-electron chi connectivity index (χ3n) is 3.02. The first-order valence-electron chi connectivity index (χ1n) is 6.33. The van der Waals surface area contributed by atoms with Crippen molar-refractivity contribution in [3.63, 3.8) is 0 Å². The molecule has 0 fully saturated rings. The average Bonchev–Trinajstić information content (AvgIpc) is 2.42. The molecule has 4 heteroatoms. The highest BCUT2D eigenvalue weighted by Gasteiger charge is 2.08. The molecular formula is C16H15BrClNO. The second-order valence-electron chi connectivity index (χ2n) is 4.86. The molecule has 0 aliphatic rings. The van der Waals surface area contributed by atoms with Gasteiger partial charge in [0.2, 0.25) is 0 Å². The van der Waals surface area contributed by atoms with Gasteiger partial charge in [-0.1, -0.05) is 37.6 Å². The molecule has 104 valence electrons. The molecule has 0 radical (unpaired) electrons. The van der Waals surface area contributed by atoms with Crippen LogP contribution in [-0.2, 0) is 0 Å². The van der Waals surface area contributed by atoms with Crippen molar-refractivity contribution >= 4 is 39.1 Å². The van der Waals surface area contributed by atoms with E-state index in [1.807, 2.05) is 24.3 Å². The van der Waals surface area contributed by atoms with Gasteiger partial charge in [0.15, 0.2) is 0 Å². The maximum absolute atomic E-state index is 12.1. The Hall–Kier alpha value is -1.32. The summed E-state index contributed by atoms with van der Waals surface area (Å²) in [6.07, 6.45) is 0. The molecule has 0 aliphatic carbocycles. The summed E-state index contributed by atoms with van der Waals surface area (Å²) >= 11 is 9.23. The van der Waals surface area contributed by atoms with Crippen molar-refractivity contribution in [1.29, 1.82) is 0 Å². The van der Waals surface area contributed by atoms with Crippen LogP contribution in [0, 0.1) is 0 Å². The first kappa shape index (κ1) is 15.1. The quantitative estimate of drug-likeness (QED) is 0.779. The minimum absolute atomic E-state index is 0.153. The van der Waals surface area contributed by atoms with Crippen molar-refractivity contribution in [3.05, 3.63) is 63.1 Å². The highest BCUT2D eigenvalue weighted by Crippen LogP contribution is 2.24. The fourth-order valence-electron chi connectivity index (χ4n) is 1.79. The Morgan fingerprint density at radius 3 is 2.35 bits per heavy atom. The van der Waals surface area contributed by atoms with E-state index in [4.69, 9.17) is 11.6 Å². The lowest BCUT2D eigenvalue weighted by Gasteiger charge is -2.09. The van der Waals surface area contributed by atoms with Gasteiger partial charge in [-0.25, -0.2) is 0 Å². The van der Waals surface area contributed by atoms with Gasteiger partial charge in [-0.15, -0.1) is 0 Å². The van der Waals surface area contributed by atoms with Gasteiger partial charge in [0.25, 0.3) is 5.91 Å². The van der Waals surface area contributed by atoms with E-state index in [-0.39, 0.29) is 5.91 Å². The molecule has 0 saturated heterocycles. The monoisotopic (exact) mass is 351 g/mol. The Bertz CT molecular complexity index is 623. The SMILES string of the molecule is CC(C)c1ccc(NC(=O)c2ccc(Cl)c(Br)c2)cc1. The molecule has 1 N–H and O–H groups in total. The van der Waals surface area contributed by atoms with E-state index in [2.05, 4.69) is 35.1 Å². The molecule has 2 aromatic carbocycles. The summed E-state index contributed by atoms with van der Waals surface area (Å²) in [4.78, 5) is 12.1. The average molecular weight is 353 g/mol. The van der Waals surface area contributed by atoms with E-state index >= 15 is 0 Å². The first-order chi connectivity index (χ1) is 9.47. The van der Waals surface area contributed by atoms with Crippen molar-refractivity contribution in [3.8, 4) is 0 Å². The largest absolute Gasteiger partial charge is 0.322 e. The Balaban J connectivity index is 2.12. The number of anilines is 1. The lowest BCUT2D eigenvalue weighted by molar-refractivity contribution is 0.102. The van der Waals surface area contributed by atoms with Gasteiger partial charge >= 0.3 is 0 Å². The Morgan fingerprint density at radius 2 is 1.80 bits per heavy atom. The molecule has 2 nitrogen and oxygen atoms in total. The van der Waals surface area contributed by atoms with Gasteiger partial charge in [0, 0.05) is 15.7 Å². The van der Waals surface area contributed by atoms with Crippen LogP contribution >= 0.6 is 27.5 Å². The zero-order chi connectivity index (χ0) is 14.7. The van der Waals surface area contributed by atoms with Crippen molar-refractivity contribution in [2.24, 2.45) is 0 Å². The van der Waals surface area contributed by atoms with Crippen LogP contribution in [0.2, 0.25) is 5.02 Å². The maximum atomic E-state index is 12.1. The smallest absolute Gasteiger partial charge is 0.255 e. The zero-order valence-electron chi connectivity index (χ0n) is 11.3. The van der Waals surface area contributed by atoms with Crippen molar-refractivity contribution < 1.29 is 4.79 Å². The summed E-state index contributed by atoms with van der Waals surface area (Å²) in [7, 11) is 0. The van der Waals surface area contributed by atoms with Gasteiger partial charge in [-0.2, -0.15) is 0 Å². The van der Waals surface area contributed by atoms with Crippen LogP contribution in [-0.4, -0.2) is 5.91 Å². The molecule has 1 amide bonds. The van der Waals surface area contributed by atoms with Crippen LogP contribution in [0.5, 0.6) is 0 Å². The van der Waals surface area contributed by atoms with Gasteiger partial charge in [0.05, 0.1) is 5.02 Å². The van der Waals surface area contributed by atoms with Crippen LogP contribution in [0.4, 0.5) is 5.69 Å². The minimum Gasteiger partial charge on any atom is -0.322 e. The minimum atomic E-state index is -0.153. The van der Waals surface area contributed by atoms with E-state index in [0.717, 1.165) is 5.69 Å². The van der Waals surface area contributed by atoms with E-state index in [9.17, 15) is 4.79 Å². The standard InChI is InChI=1S/C16H15BrClNO/c1-10(2)11-3-6-13(7-4-11)19-16(20)12-5-8-15(18)14(17)9-12/h3-10H,1-2H3,(H,19,20). The predicted octanol–water partition coefficient (Wildman–Crippen LogP) is 5.48. The predicted molar refractivity (Wildman–Crippen MR) is 87.6 cm³/mol. The number of hydrogen-bond donors (Lipinski definition) is 1. The number of rotatable bonds is 3. The highest BCUT2D eigenvalue weighted by molar-refractivity contribution is 9.10. The van der Waals surface area contributed by atoms with Gasteiger partial charge in [-0.3, -0.25) is 4.79 Å². The Labute approximate surface area is 132 Å².